The summed E-state index contributed by atoms with van der Waals surface area (Å²) in [6.45, 7) is 4.74. The van der Waals surface area contributed by atoms with Crippen molar-refractivity contribution in [3.05, 3.63) is 54.1 Å². The van der Waals surface area contributed by atoms with Crippen LogP contribution in [0.5, 0.6) is 0 Å². The van der Waals surface area contributed by atoms with Gasteiger partial charge in [0, 0.05) is 44.2 Å². The van der Waals surface area contributed by atoms with Crippen molar-refractivity contribution in [2.75, 3.05) is 54.8 Å². The van der Waals surface area contributed by atoms with Crippen LogP contribution < -0.4 is 20.9 Å². The van der Waals surface area contributed by atoms with Gasteiger partial charge in [-0.2, -0.15) is 0 Å². The van der Waals surface area contributed by atoms with Gasteiger partial charge in [0.25, 0.3) is 0 Å². The van der Waals surface area contributed by atoms with Crippen LogP contribution in [-0.4, -0.2) is 62.4 Å². The summed E-state index contributed by atoms with van der Waals surface area (Å²) in [7, 11) is 0. The van der Waals surface area contributed by atoms with E-state index in [1.165, 1.54) is 5.56 Å². The molecule has 36 heavy (non-hydrogen) atoms. The lowest BCUT2D eigenvalue weighted by Crippen LogP contribution is -2.42. The van der Waals surface area contributed by atoms with Gasteiger partial charge in [0.2, 0.25) is 18.2 Å². The summed E-state index contributed by atoms with van der Waals surface area (Å²) < 4.78 is 0. The zero-order valence-corrected chi connectivity index (χ0v) is 20.9. The molecule has 0 saturated carbocycles. The van der Waals surface area contributed by atoms with E-state index in [9.17, 15) is 14.4 Å². The molecule has 0 aromatic heterocycles. The SMILES string of the molecule is O=CNc1ccc(N2CCCN(C(=O)C3CCNCC3)CC2)c(NC(=O)CCCc2ccccc2)c1. The zero-order chi connectivity index (χ0) is 25.2. The van der Waals surface area contributed by atoms with Crippen LogP contribution in [0.3, 0.4) is 0 Å². The zero-order valence-electron chi connectivity index (χ0n) is 20.9. The van der Waals surface area contributed by atoms with E-state index in [2.05, 4.69) is 33.0 Å². The Kier molecular flexibility index (Phi) is 9.33. The Labute approximate surface area is 213 Å². The molecule has 8 heteroatoms. The molecule has 3 amide bonds. The van der Waals surface area contributed by atoms with Gasteiger partial charge in [-0.3, -0.25) is 14.4 Å². The average molecular weight is 492 g/mol. The van der Waals surface area contributed by atoms with Crippen LogP contribution in [0.2, 0.25) is 0 Å². The highest BCUT2D eigenvalue weighted by molar-refractivity contribution is 5.95. The molecule has 8 nitrogen and oxygen atoms in total. The number of carbonyl (C=O) groups is 3. The van der Waals surface area contributed by atoms with Crippen LogP contribution in [0.4, 0.5) is 17.1 Å². The number of nitrogens with one attached hydrogen (secondary N) is 3. The summed E-state index contributed by atoms with van der Waals surface area (Å²) in [6.07, 6.45) is 5.34. The van der Waals surface area contributed by atoms with Gasteiger partial charge in [-0.15, -0.1) is 0 Å². The van der Waals surface area contributed by atoms with Crippen molar-refractivity contribution in [2.45, 2.75) is 38.5 Å². The van der Waals surface area contributed by atoms with E-state index < -0.39 is 0 Å². The summed E-state index contributed by atoms with van der Waals surface area (Å²) in [6, 6.07) is 15.7. The fraction of sp³-hybridized carbons (Fsp3) is 0.464. The number of aryl methyl sites for hydroxylation is 1. The number of rotatable bonds is 9. The highest BCUT2D eigenvalue weighted by Gasteiger charge is 2.28. The smallest absolute Gasteiger partial charge is 0.225 e. The number of nitrogens with zero attached hydrogens (tertiary/aromatic N) is 2. The maximum absolute atomic E-state index is 13.1. The maximum atomic E-state index is 13.1. The van der Waals surface area contributed by atoms with E-state index in [0.717, 1.165) is 64.0 Å². The molecule has 2 aliphatic rings. The fourth-order valence-electron chi connectivity index (χ4n) is 5.09. The monoisotopic (exact) mass is 491 g/mol. The number of hydrogen-bond acceptors (Lipinski definition) is 5. The molecule has 3 N–H and O–H groups in total. The second-order valence-corrected chi connectivity index (χ2v) is 9.57. The van der Waals surface area contributed by atoms with Crippen molar-refractivity contribution in [3.63, 3.8) is 0 Å². The van der Waals surface area contributed by atoms with Gasteiger partial charge in [0.15, 0.2) is 0 Å². The normalized spacial score (nSPS) is 16.8. The lowest BCUT2D eigenvalue weighted by atomic mass is 9.96. The third kappa shape index (κ3) is 7.07. The van der Waals surface area contributed by atoms with Crippen LogP contribution in [0.1, 0.15) is 37.7 Å². The van der Waals surface area contributed by atoms with Crippen molar-refractivity contribution in [2.24, 2.45) is 5.92 Å². The summed E-state index contributed by atoms with van der Waals surface area (Å²) in [5.74, 6) is 0.348. The van der Waals surface area contributed by atoms with Crippen LogP contribution in [0, 0.1) is 5.92 Å². The molecule has 0 unspecified atom stereocenters. The van der Waals surface area contributed by atoms with E-state index in [1.807, 2.05) is 41.3 Å². The first-order chi connectivity index (χ1) is 17.6. The van der Waals surface area contributed by atoms with Crippen LogP contribution in [0.15, 0.2) is 48.5 Å². The highest BCUT2D eigenvalue weighted by atomic mass is 16.2. The minimum Gasteiger partial charge on any atom is -0.368 e. The Morgan fingerprint density at radius 1 is 1.00 bits per heavy atom. The number of carbonyl (C=O) groups excluding carboxylic acids is 3. The number of benzene rings is 2. The molecular weight excluding hydrogens is 454 g/mol. The molecule has 0 aliphatic carbocycles. The fourth-order valence-corrected chi connectivity index (χ4v) is 5.09. The lowest BCUT2D eigenvalue weighted by Gasteiger charge is -2.29. The molecular formula is C28H37N5O3. The van der Waals surface area contributed by atoms with Crippen LogP contribution >= 0.6 is 0 Å². The van der Waals surface area contributed by atoms with Gasteiger partial charge in [-0.25, -0.2) is 0 Å². The van der Waals surface area contributed by atoms with Gasteiger partial charge >= 0.3 is 0 Å². The lowest BCUT2D eigenvalue weighted by molar-refractivity contribution is -0.136. The summed E-state index contributed by atoms with van der Waals surface area (Å²) in [5.41, 5.74) is 3.45. The van der Waals surface area contributed by atoms with Gasteiger partial charge in [0.1, 0.15) is 0 Å². The Morgan fingerprint density at radius 2 is 1.81 bits per heavy atom. The molecule has 2 saturated heterocycles. The van der Waals surface area contributed by atoms with Gasteiger partial charge < -0.3 is 25.8 Å². The van der Waals surface area contributed by atoms with Crippen molar-refractivity contribution < 1.29 is 14.4 Å². The average Bonchev–Trinajstić information content (AvgIpc) is 3.16. The van der Waals surface area contributed by atoms with E-state index in [0.29, 0.717) is 37.3 Å². The molecule has 2 aromatic carbocycles. The standard InChI is InChI=1S/C28H37N5O3/c34-21-30-24-10-11-26(25(20-24)31-27(35)9-4-8-22-6-2-1-3-7-22)32-16-5-17-33(19-18-32)28(36)23-12-14-29-15-13-23/h1-3,6-7,10-11,20-21,23,29H,4-5,8-9,12-19H2,(H,30,34)(H,31,35). The number of anilines is 3. The number of piperidine rings is 1. The Balaban J connectivity index is 1.40. The quantitative estimate of drug-likeness (QED) is 0.468. The van der Waals surface area contributed by atoms with Gasteiger partial charge in [-0.05, 0) is 69.0 Å². The Bertz CT molecular complexity index is 1020. The largest absolute Gasteiger partial charge is 0.368 e. The number of amides is 3. The molecule has 0 radical (unpaired) electrons. The van der Waals surface area contributed by atoms with E-state index in [-0.39, 0.29) is 17.7 Å². The van der Waals surface area contributed by atoms with Gasteiger partial charge in [0.05, 0.1) is 11.4 Å². The summed E-state index contributed by atoms with van der Waals surface area (Å²) >= 11 is 0. The molecule has 2 aliphatic heterocycles. The third-order valence-electron chi connectivity index (χ3n) is 7.05. The van der Waals surface area contributed by atoms with Crippen LogP contribution in [0.25, 0.3) is 0 Å². The van der Waals surface area contributed by atoms with Crippen LogP contribution in [-0.2, 0) is 20.8 Å². The summed E-state index contributed by atoms with van der Waals surface area (Å²) in [4.78, 5) is 41.1. The first kappa shape index (κ1) is 25.7. The minimum absolute atomic E-state index is 0.0482. The van der Waals surface area contributed by atoms with Crippen molar-refractivity contribution in [1.82, 2.24) is 10.2 Å². The van der Waals surface area contributed by atoms with E-state index in [4.69, 9.17) is 0 Å². The first-order valence-corrected chi connectivity index (χ1v) is 13.1. The van der Waals surface area contributed by atoms with Crippen molar-refractivity contribution >= 4 is 35.3 Å². The van der Waals surface area contributed by atoms with Gasteiger partial charge in [-0.1, -0.05) is 30.3 Å². The predicted octanol–water partition coefficient (Wildman–Crippen LogP) is 3.25. The molecule has 2 fully saturated rings. The molecule has 4 rings (SSSR count). The Hall–Kier alpha value is -3.39. The molecule has 2 heterocycles. The second kappa shape index (κ2) is 13.1. The molecule has 0 bridgehead atoms. The van der Waals surface area contributed by atoms with Crippen molar-refractivity contribution in [1.29, 1.82) is 0 Å². The highest BCUT2D eigenvalue weighted by Crippen LogP contribution is 2.31. The predicted molar refractivity (Wildman–Crippen MR) is 143 cm³/mol. The van der Waals surface area contributed by atoms with E-state index in [1.54, 1.807) is 0 Å². The van der Waals surface area contributed by atoms with Crippen molar-refractivity contribution in [3.8, 4) is 0 Å². The first-order valence-electron chi connectivity index (χ1n) is 13.1. The topological polar surface area (TPSA) is 93.8 Å². The molecule has 192 valence electrons. The Morgan fingerprint density at radius 3 is 2.58 bits per heavy atom. The number of hydrogen-bond donors (Lipinski definition) is 3. The summed E-state index contributed by atoms with van der Waals surface area (Å²) in [5, 5.41) is 9.08. The molecule has 2 aromatic rings. The van der Waals surface area contributed by atoms with E-state index >= 15 is 0 Å². The maximum Gasteiger partial charge on any atom is 0.225 e. The molecule has 0 spiro atoms. The molecule has 0 atom stereocenters. The minimum atomic E-state index is -0.0482. The third-order valence-corrected chi connectivity index (χ3v) is 7.05. The second-order valence-electron chi connectivity index (χ2n) is 9.57.